The lowest BCUT2D eigenvalue weighted by atomic mass is 9.92. The average Bonchev–Trinajstić information content (AvgIpc) is 2.39. The van der Waals surface area contributed by atoms with E-state index < -0.39 is 0 Å². The molecule has 1 aromatic rings. The van der Waals surface area contributed by atoms with Gasteiger partial charge in [0.15, 0.2) is 0 Å². The highest BCUT2D eigenvalue weighted by Crippen LogP contribution is 2.17. The lowest BCUT2D eigenvalue weighted by Crippen LogP contribution is -2.48. The number of ether oxygens (including phenoxy) is 1. The zero-order valence-electron chi connectivity index (χ0n) is 10.3. The molecule has 2 nitrogen and oxygen atoms in total. The standard InChI is InChI=1S/C15H19NO/c1-12-10-13-4-2-3-5-14(13)11-15(12)16-6-8-17-9-7-16/h2-5,10-12,15H,6-9H2,1H3. The molecule has 0 saturated carbocycles. The first-order valence-corrected chi connectivity index (χ1v) is 6.45. The Bertz CT molecular complexity index is 502. The van der Waals surface area contributed by atoms with E-state index in [2.05, 4.69) is 48.2 Å². The number of morpholine rings is 1. The summed E-state index contributed by atoms with van der Waals surface area (Å²) >= 11 is 0. The Kier molecular flexibility index (Phi) is 3.00. The molecule has 0 amide bonds. The minimum Gasteiger partial charge on any atom is -0.379 e. The van der Waals surface area contributed by atoms with Gasteiger partial charge >= 0.3 is 0 Å². The molecule has 1 aliphatic heterocycles. The molecule has 0 radical (unpaired) electrons. The monoisotopic (exact) mass is 229 g/mol. The number of benzene rings is 1. The van der Waals surface area contributed by atoms with Gasteiger partial charge in [-0.2, -0.15) is 0 Å². The van der Waals surface area contributed by atoms with Crippen molar-refractivity contribution in [2.24, 2.45) is 5.92 Å². The van der Waals surface area contributed by atoms with Crippen molar-refractivity contribution in [2.45, 2.75) is 13.0 Å². The van der Waals surface area contributed by atoms with Gasteiger partial charge in [0.05, 0.1) is 13.2 Å². The van der Waals surface area contributed by atoms with E-state index in [0.29, 0.717) is 12.0 Å². The number of nitrogens with zero attached hydrogens (tertiary/aromatic N) is 1. The molecule has 0 N–H and O–H groups in total. The summed E-state index contributed by atoms with van der Waals surface area (Å²) < 4.78 is 5.43. The molecule has 2 heteroatoms. The smallest absolute Gasteiger partial charge is 0.0594 e. The van der Waals surface area contributed by atoms with Crippen LogP contribution in [-0.2, 0) is 4.74 Å². The largest absolute Gasteiger partial charge is 0.379 e. The van der Waals surface area contributed by atoms with Gasteiger partial charge in [-0.15, -0.1) is 0 Å². The second-order valence-corrected chi connectivity index (χ2v) is 4.96. The van der Waals surface area contributed by atoms with Crippen LogP contribution in [0.3, 0.4) is 0 Å². The predicted octanol–water partition coefficient (Wildman–Crippen LogP) is 0.598. The Balaban J connectivity index is 1.95. The predicted molar refractivity (Wildman–Crippen MR) is 70.0 cm³/mol. The van der Waals surface area contributed by atoms with Gasteiger partial charge in [0.1, 0.15) is 0 Å². The average molecular weight is 229 g/mol. The first-order chi connectivity index (χ1) is 8.34. The molecule has 0 spiro atoms. The molecule has 2 unspecified atom stereocenters. The fourth-order valence-electron chi connectivity index (χ4n) is 2.85. The van der Waals surface area contributed by atoms with Crippen LogP contribution >= 0.6 is 0 Å². The van der Waals surface area contributed by atoms with E-state index >= 15 is 0 Å². The number of hydrogen-bond donors (Lipinski definition) is 0. The van der Waals surface area contributed by atoms with Gasteiger partial charge in [-0.1, -0.05) is 43.3 Å². The Morgan fingerprint density at radius 3 is 2.41 bits per heavy atom. The zero-order valence-corrected chi connectivity index (χ0v) is 10.3. The number of hydrogen-bond acceptors (Lipinski definition) is 2. The molecule has 0 bridgehead atoms. The summed E-state index contributed by atoms with van der Waals surface area (Å²) in [5, 5.41) is 2.76. The molecular weight excluding hydrogens is 210 g/mol. The van der Waals surface area contributed by atoms with Crippen LogP contribution in [0.1, 0.15) is 6.92 Å². The molecule has 1 heterocycles. The van der Waals surface area contributed by atoms with Gasteiger partial charge in [-0.3, -0.25) is 4.90 Å². The highest BCUT2D eigenvalue weighted by molar-refractivity contribution is 5.45. The summed E-state index contributed by atoms with van der Waals surface area (Å²) in [6.07, 6.45) is 4.82. The third-order valence-corrected chi connectivity index (χ3v) is 3.79. The first-order valence-electron chi connectivity index (χ1n) is 6.45. The van der Waals surface area contributed by atoms with Crippen molar-refractivity contribution in [3.63, 3.8) is 0 Å². The van der Waals surface area contributed by atoms with Crippen molar-refractivity contribution in [2.75, 3.05) is 26.3 Å². The molecular formula is C15H19NO. The quantitative estimate of drug-likeness (QED) is 0.699. The van der Waals surface area contributed by atoms with Crippen molar-refractivity contribution in [3.8, 4) is 0 Å². The first kappa shape index (κ1) is 11.0. The Morgan fingerprint density at radius 2 is 1.71 bits per heavy atom. The Hall–Kier alpha value is -1.12. The highest BCUT2D eigenvalue weighted by Gasteiger charge is 2.24. The molecule has 90 valence electrons. The minimum absolute atomic E-state index is 0.536. The van der Waals surface area contributed by atoms with Gasteiger partial charge in [-0.25, -0.2) is 0 Å². The fraction of sp³-hybridized carbons (Fsp3) is 0.467. The van der Waals surface area contributed by atoms with Crippen LogP contribution in [0.5, 0.6) is 0 Å². The lowest BCUT2D eigenvalue weighted by molar-refractivity contribution is 0.0233. The molecule has 3 rings (SSSR count). The maximum atomic E-state index is 5.43. The van der Waals surface area contributed by atoms with E-state index in [-0.39, 0.29) is 0 Å². The number of rotatable bonds is 1. The lowest BCUT2D eigenvalue weighted by Gasteiger charge is -2.36. The van der Waals surface area contributed by atoms with E-state index in [1.54, 1.807) is 0 Å². The van der Waals surface area contributed by atoms with Crippen molar-refractivity contribution in [3.05, 3.63) is 34.7 Å². The Labute approximate surface area is 102 Å². The van der Waals surface area contributed by atoms with E-state index in [9.17, 15) is 0 Å². The van der Waals surface area contributed by atoms with Crippen LogP contribution in [0.2, 0.25) is 0 Å². The van der Waals surface area contributed by atoms with Crippen LogP contribution in [0.25, 0.3) is 12.2 Å². The highest BCUT2D eigenvalue weighted by atomic mass is 16.5. The molecule has 1 aromatic carbocycles. The summed E-state index contributed by atoms with van der Waals surface area (Å²) in [5.41, 5.74) is 0. The van der Waals surface area contributed by atoms with Gasteiger partial charge < -0.3 is 4.74 Å². The topological polar surface area (TPSA) is 12.5 Å². The molecule has 1 aliphatic carbocycles. The molecule has 17 heavy (non-hydrogen) atoms. The molecule has 0 aromatic heterocycles. The maximum Gasteiger partial charge on any atom is 0.0594 e. The van der Waals surface area contributed by atoms with E-state index in [1.807, 2.05) is 0 Å². The zero-order chi connectivity index (χ0) is 11.7. The van der Waals surface area contributed by atoms with Crippen LogP contribution in [0, 0.1) is 5.92 Å². The van der Waals surface area contributed by atoms with E-state index in [4.69, 9.17) is 4.74 Å². The van der Waals surface area contributed by atoms with Crippen LogP contribution < -0.4 is 10.4 Å². The van der Waals surface area contributed by atoms with Gasteiger partial charge in [0.25, 0.3) is 0 Å². The van der Waals surface area contributed by atoms with Crippen molar-refractivity contribution < 1.29 is 4.74 Å². The summed E-state index contributed by atoms with van der Waals surface area (Å²) in [6.45, 7) is 6.17. The molecule has 1 saturated heterocycles. The fourth-order valence-corrected chi connectivity index (χ4v) is 2.85. The van der Waals surface area contributed by atoms with Crippen LogP contribution in [-0.4, -0.2) is 37.2 Å². The second-order valence-electron chi connectivity index (χ2n) is 4.96. The third kappa shape index (κ3) is 2.15. The maximum absolute atomic E-state index is 5.43. The summed E-state index contributed by atoms with van der Waals surface area (Å²) in [7, 11) is 0. The van der Waals surface area contributed by atoms with Crippen molar-refractivity contribution in [1.29, 1.82) is 0 Å². The van der Waals surface area contributed by atoms with E-state index in [1.165, 1.54) is 10.4 Å². The summed E-state index contributed by atoms with van der Waals surface area (Å²) in [4.78, 5) is 2.54. The van der Waals surface area contributed by atoms with Crippen molar-refractivity contribution in [1.82, 2.24) is 4.90 Å². The van der Waals surface area contributed by atoms with E-state index in [0.717, 1.165) is 26.3 Å². The van der Waals surface area contributed by atoms with Crippen molar-refractivity contribution >= 4 is 12.2 Å². The summed E-state index contributed by atoms with van der Waals surface area (Å²) in [5.74, 6) is 0.586. The van der Waals surface area contributed by atoms with Gasteiger partial charge in [0, 0.05) is 19.1 Å². The van der Waals surface area contributed by atoms with Crippen LogP contribution in [0.15, 0.2) is 24.3 Å². The molecule has 1 fully saturated rings. The van der Waals surface area contributed by atoms with Gasteiger partial charge in [-0.05, 0) is 16.4 Å². The minimum atomic E-state index is 0.536. The van der Waals surface area contributed by atoms with Crippen LogP contribution in [0.4, 0.5) is 0 Å². The Morgan fingerprint density at radius 1 is 1.06 bits per heavy atom. The third-order valence-electron chi connectivity index (χ3n) is 3.79. The molecule has 2 atom stereocenters. The van der Waals surface area contributed by atoms with Gasteiger partial charge in [0.2, 0.25) is 0 Å². The SMILES string of the molecule is CC1C=c2ccccc2=CC1N1CCOCC1. The number of fused-ring (bicyclic) bond motifs is 1. The molecule has 2 aliphatic rings. The normalized spacial score (nSPS) is 29.0. The summed E-state index contributed by atoms with van der Waals surface area (Å²) in [6, 6.07) is 9.19. The second kappa shape index (κ2) is 4.63.